The number of ether oxygens (including phenoxy) is 2. The number of aliphatic imine (C=N–C) groups is 1. The molecule has 1 heterocycles. The number of methoxy groups -OCH3 is 1. The molecule has 1 aliphatic rings. The summed E-state index contributed by atoms with van der Waals surface area (Å²) in [5.74, 6) is -0.290. The highest BCUT2D eigenvalue weighted by Crippen LogP contribution is 2.36. The Morgan fingerprint density at radius 1 is 1.15 bits per heavy atom. The van der Waals surface area contributed by atoms with Crippen molar-refractivity contribution in [2.45, 2.75) is 6.61 Å². The molecular weight excluding hydrogens is 476 g/mol. The number of halogens is 1. The summed E-state index contributed by atoms with van der Waals surface area (Å²) in [6.07, 6.45) is 1.71. The lowest BCUT2D eigenvalue weighted by atomic mass is 10.1. The number of carbonyl (C=O) groups excluding carboxylic acids is 1. The van der Waals surface area contributed by atoms with Gasteiger partial charge in [-0.05, 0) is 59.8 Å². The number of hydrogen-bond acceptors (Lipinski definition) is 6. The van der Waals surface area contributed by atoms with Gasteiger partial charge >= 0.3 is 5.97 Å². The van der Waals surface area contributed by atoms with Crippen LogP contribution in [-0.4, -0.2) is 29.3 Å². The fourth-order valence-corrected chi connectivity index (χ4v) is 4.16. The van der Waals surface area contributed by atoms with Crippen LogP contribution in [0.5, 0.6) is 11.5 Å². The highest BCUT2D eigenvalue weighted by Gasteiger charge is 2.25. The maximum absolute atomic E-state index is 12.6. The van der Waals surface area contributed by atoms with Crippen LogP contribution in [-0.2, 0) is 11.4 Å². The van der Waals surface area contributed by atoms with Gasteiger partial charge in [0.2, 0.25) is 0 Å². The number of hydrogen-bond donors (Lipinski definition) is 2. The van der Waals surface area contributed by atoms with Gasteiger partial charge in [0.25, 0.3) is 5.91 Å². The molecule has 9 heteroatoms. The lowest BCUT2D eigenvalue weighted by Gasteiger charge is -2.14. The topological polar surface area (TPSA) is 97.2 Å². The summed E-state index contributed by atoms with van der Waals surface area (Å²) in [6.45, 7) is 0.192. The molecule has 1 fully saturated rings. The monoisotopic (exact) mass is 494 g/mol. The summed E-state index contributed by atoms with van der Waals surface area (Å²) in [6, 6.07) is 18.8. The third kappa shape index (κ3) is 5.59. The Morgan fingerprint density at radius 3 is 2.62 bits per heavy atom. The molecule has 0 bridgehead atoms. The number of rotatable bonds is 7. The summed E-state index contributed by atoms with van der Waals surface area (Å²) < 4.78 is 11.5. The predicted octanol–water partition coefficient (Wildman–Crippen LogP) is 5.52. The highest BCUT2D eigenvalue weighted by atomic mass is 35.5. The number of amides is 1. The van der Waals surface area contributed by atoms with E-state index in [0.717, 1.165) is 5.56 Å². The van der Waals surface area contributed by atoms with Gasteiger partial charge in [0.05, 0.1) is 23.3 Å². The fourth-order valence-electron chi connectivity index (χ4n) is 3.15. The van der Waals surface area contributed by atoms with E-state index in [1.807, 2.05) is 6.07 Å². The first kappa shape index (κ1) is 23.4. The Hall–Kier alpha value is -3.75. The van der Waals surface area contributed by atoms with Crippen LogP contribution >= 0.6 is 23.4 Å². The first-order chi connectivity index (χ1) is 16.4. The Labute approximate surface area is 205 Å². The van der Waals surface area contributed by atoms with Gasteiger partial charge in [0.1, 0.15) is 6.61 Å². The van der Waals surface area contributed by atoms with Crippen LogP contribution in [0.2, 0.25) is 5.02 Å². The zero-order chi connectivity index (χ0) is 24.1. The van der Waals surface area contributed by atoms with Gasteiger partial charge in [-0.15, -0.1) is 0 Å². The second-order valence-corrected chi connectivity index (χ2v) is 8.60. The van der Waals surface area contributed by atoms with E-state index >= 15 is 0 Å². The number of nitrogens with one attached hydrogen (secondary N) is 1. The van der Waals surface area contributed by atoms with Crippen LogP contribution < -0.4 is 14.8 Å². The van der Waals surface area contributed by atoms with Crippen molar-refractivity contribution in [2.75, 3.05) is 7.11 Å². The first-order valence-corrected chi connectivity index (χ1v) is 11.3. The molecule has 3 aromatic rings. The zero-order valence-corrected chi connectivity index (χ0v) is 19.5. The molecule has 4 rings (SSSR count). The number of aromatic carboxylic acids is 1. The number of benzene rings is 3. The zero-order valence-electron chi connectivity index (χ0n) is 17.9. The quantitative estimate of drug-likeness (QED) is 0.420. The maximum Gasteiger partial charge on any atom is 0.335 e. The van der Waals surface area contributed by atoms with Crippen LogP contribution in [0.25, 0.3) is 6.08 Å². The van der Waals surface area contributed by atoms with E-state index in [1.165, 1.54) is 31.0 Å². The molecule has 1 amide bonds. The van der Waals surface area contributed by atoms with Gasteiger partial charge in [0, 0.05) is 10.6 Å². The molecule has 0 saturated carbocycles. The molecule has 2 N–H and O–H groups in total. The van der Waals surface area contributed by atoms with Gasteiger partial charge in [0.15, 0.2) is 16.7 Å². The van der Waals surface area contributed by atoms with E-state index in [-0.39, 0.29) is 18.1 Å². The molecule has 1 aliphatic heterocycles. The number of amidine groups is 1. The number of carboxylic acids is 1. The Morgan fingerprint density at radius 2 is 1.91 bits per heavy atom. The summed E-state index contributed by atoms with van der Waals surface area (Å²) in [4.78, 5) is 28.5. The van der Waals surface area contributed by atoms with Crippen molar-refractivity contribution in [3.63, 3.8) is 0 Å². The molecule has 172 valence electrons. The van der Waals surface area contributed by atoms with Crippen LogP contribution in [0.15, 0.2) is 76.6 Å². The van der Waals surface area contributed by atoms with Crippen molar-refractivity contribution in [1.82, 2.24) is 5.32 Å². The summed E-state index contributed by atoms with van der Waals surface area (Å²) >= 11 is 7.22. The van der Waals surface area contributed by atoms with Crippen LogP contribution in [0.1, 0.15) is 21.5 Å². The van der Waals surface area contributed by atoms with Crippen molar-refractivity contribution in [2.24, 2.45) is 4.99 Å². The van der Waals surface area contributed by atoms with Crippen molar-refractivity contribution in [1.29, 1.82) is 0 Å². The van der Waals surface area contributed by atoms with E-state index in [1.54, 1.807) is 54.6 Å². The third-order valence-corrected chi connectivity index (χ3v) is 5.93. The van der Waals surface area contributed by atoms with Crippen LogP contribution in [0.4, 0.5) is 5.69 Å². The van der Waals surface area contributed by atoms with E-state index in [4.69, 9.17) is 26.2 Å². The fraction of sp³-hybridized carbons (Fsp3) is 0.0800. The summed E-state index contributed by atoms with van der Waals surface area (Å²) in [7, 11) is 1.54. The smallest absolute Gasteiger partial charge is 0.335 e. The lowest BCUT2D eigenvalue weighted by Crippen LogP contribution is -2.19. The predicted molar refractivity (Wildman–Crippen MR) is 133 cm³/mol. The van der Waals surface area contributed by atoms with Gasteiger partial charge in [-0.3, -0.25) is 4.79 Å². The SMILES string of the molecule is COc1cccc(/C=C2\SC(=Nc3cccc(Cl)c3)NC2=O)c1OCc1ccc(C(=O)O)cc1. The maximum atomic E-state index is 12.6. The van der Waals surface area contributed by atoms with E-state index in [9.17, 15) is 9.59 Å². The van der Waals surface area contributed by atoms with Crippen molar-refractivity contribution in [3.8, 4) is 11.5 Å². The summed E-state index contributed by atoms with van der Waals surface area (Å²) in [5, 5.41) is 12.8. The number of carboxylic acid groups (broad SMARTS) is 1. The molecule has 1 saturated heterocycles. The third-order valence-electron chi connectivity index (χ3n) is 4.79. The number of carbonyl (C=O) groups is 2. The van der Waals surface area contributed by atoms with Crippen LogP contribution in [0, 0.1) is 0 Å². The molecule has 0 aliphatic carbocycles. The number of para-hydroxylation sites is 1. The average molecular weight is 495 g/mol. The number of nitrogens with zero attached hydrogens (tertiary/aromatic N) is 1. The molecule has 0 unspecified atom stereocenters. The van der Waals surface area contributed by atoms with E-state index < -0.39 is 5.97 Å². The highest BCUT2D eigenvalue weighted by molar-refractivity contribution is 8.18. The molecule has 0 aromatic heterocycles. The van der Waals surface area contributed by atoms with Gasteiger partial charge < -0.3 is 19.9 Å². The van der Waals surface area contributed by atoms with Crippen molar-refractivity contribution >= 4 is 52.2 Å². The molecule has 0 radical (unpaired) electrons. The summed E-state index contributed by atoms with van der Waals surface area (Å²) in [5.41, 5.74) is 2.28. The van der Waals surface area contributed by atoms with Gasteiger partial charge in [-0.1, -0.05) is 41.9 Å². The normalized spacial score (nSPS) is 15.4. The minimum Gasteiger partial charge on any atom is -0.493 e. The average Bonchev–Trinajstić information content (AvgIpc) is 3.16. The minimum absolute atomic E-state index is 0.192. The van der Waals surface area contributed by atoms with Crippen LogP contribution in [0.3, 0.4) is 0 Å². The Balaban J connectivity index is 1.57. The first-order valence-electron chi connectivity index (χ1n) is 10.1. The second kappa shape index (κ2) is 10.5. The molecule has 34 heavy (non-hydrogen) atoms. The standard InChI is InChI=1S/C25H19ClN2O5S/c1-32-20-7-2-4-17(22(20)33-14-15-8-10-16(11-9-15)24(30)31)12-21-23(29)28-25(34-21)27-19-6-3-5-18(26)13-19/h2-13H,14H2,1H3,(H,30,31)(H,27,28,29)/b21-12-. The van der Waals surface area contributed by atoms with Crippen molar-refractivity contribution in [3.05, 3.63) is 93.3 Å². The molecule has 0 spiro atoms. The molecule has 3 aromatic carbocycles. The minimum atomic E-state index is -0.989. The number of thioether (sulfide) groups is 1. The molecule has 7 nitrogen and oxygen atoms in total. The Kier molecular flexibility index (Phi) is 7.20. The van der Waals surface area contributed by atoms with Gasteiger partial charge in [-0.25, -0.2) is 9.79 Å². The molecule has 0 atom stereocenters. The largest absolute Gasteiger partial charge is 0.493 e. The Bertz CT molecular complexity index is 1300. The second-order valence-electron chi connectivity index (χ2n) is 7.13. The molecular formula is C25H19ClN2O5S. The van der Waals surface area contributed by atoms with Crippen molar-refractivity contribution < 1.29 is 24.2 Å². The lowest BCUT2D eigenvalue weighted by molar-refractivity contribution is -0.115. The van der Waals surface area contributed by atoms with E-state index in [2.05, 4.69) is 10.3 Å². The van der Waals surface area contributed by atoms with E-state index in [0.29, 0.717) is 37.8 Å². The van der Waals surface area contributed by atoms with Gasteiger partial charge in [-0.2, -0.15) is 0 Å².